The molecule has 1 aromatic heterocycles. The molecule has 1 atom stereocenters. The van der Waals surface area contributed by atoms with Crippen LogP contribution in [0.5, 0.6) is 0 Å². The minimum Gasteiger partial charge on any atom is -0.358 e. The molecule has 72 valence electrons. The SMILES string of the molecule is Cc1ccc2c3c([nH]c2c1)CC(N)C3. The van der Waals surface area contributed by atoms with E-state index < -0.39 is 0 Å². The van der Waals surface area contributed by atoms with Crippen molar-refractivity contribution in [2.75, 3.05) is 0 Å². The average molecular weight is 186 g/mol. The Hall–Kier alpha value is -1.28. The minimum absolute atomic E-state index is 0.321. The fraction of sp³-hybridized carbons (Fsp3) is 0.333. The predicted octanol–water partition coefficient (Wildman–Crippen LogP) is 1.90. The number of benzene rings is 1. The van der Waals surface area contributed by atoms with E-state index in [0.717, 1.165) is 12.8 Å². The van der Waals surface area contributed by atoms with Crippen LogP contribution in [0.25, 0.3) is 10.9 Å². The molecule has 3 N–H and O–H groups in total. The zero-order valence-corrected chi connectivity index (χ0v) is 8.30. The summed E-state index contributed by atoms with van der Waals surface area (Å²) in [4.78, 5) is 3.47. The molecular weight excluding hydrogens is 172 g/mol. The van der Waals surface area contributed by atoms with Crippen LogP contribution >= 0.6 is 0 Å². The highest BCUT2D eigenvalue weighted by molar-refractivity contribution is 5.86. The lowest BCUT2D eigenvalue weighted by atomic mass is 10.1. The summed E-state index contributed by atoms with van der Waals surface area (Å²) in [7, 11) is 0. The van der Waals surface area contributed by atoms with Gasteiger partial charge in [0.05, 0.1) is 0 Å². The third kappa shape index (κ3) is 1.01. The van der Waals surface area contributed by atoms with Gasteiger partial charge in [-0.1, -0.05) is 12.1 Å². The summed E-state index contributed by atoms with van der Waals surface area (Å²) in [5.74, 6) is 0. The van der Waals surface area contributed by atoms with Gasteiger partial charge in [-0.2, -0.15) is 0 Å². The van der Waals surface area contributed by atoms with Crippen LogP contribution in [0.2, 0.25) is 0 Å². The van der Waals surface area contributed by atoms with Gasteiger partial charge in [0.1, 0.15) is 0 Å². The molecular formula is C12H14N2. The second kappa shape index (κ2) is 2.61. The van der Waals surface area contributed by atoms with Crippen LogP contribution in [-0.2, 0) is 12.8 Å². The smallest absolute Gasteiger partial charge is 0.0461 e. The van der Waals surface area contributed by atoms with E-state index >= 15 is 0 Å². The number of fused-ring (bicyclic) bond motifs is 3. The first-order valence-corrected chi connectivity index (χ1v) is 5.09. The Labute approximate surface area is 83.1 Å². The molecule has 14 heavy (non-hydrogen) atoms. The summed E-state index contributed by atoms with van der Waals surface area (Å²) in [6, 6.07) is 6.90. The van der Waals surface area contributed by atoms with Gasteiger partial charge < -0.3 is 10.7 Å². The van der Waals surface area contributed by atoms with Crippen molar-refractivity contribution < 1.29 is 0 Å². The Morgan fingerprint density at radius 2 is 2.21 bits per heavy atom. The summed E-state index contributed by atoms with van der Waals surface area (Å²) < 4.78 is 0. The van der Waals surface area contributed by atoms with Gasteiger partial charge in [0.15, 0.2) is 0 Å². The molecule has 1 heterocycles. The molecule has 3 rings (SSSR count). The van der Waals surface area contributed by atoms with Gasteiger partial charge in [0.25, 0.3) is 0 Å². The number of hydrogen-bond acceptors (Lipinski definition) is 1. The van der Waals surface area contributed by atoms with Crippen molar-refractivity contribution in [1.29, 1.82) is 0 Å². The predicted molar refractivity (Wildman–Crippen MR) is 58.4 cm³/mol. The average Bonchev–Trinajstić information content (AvgIpc) is 2.59. The molecule has 0 bridgehead atoms. The molecule has 1 unspecified atom stereocenters. The van der Waals surface area contributed by atoms with E-state index in [9.17, 15) is 0 Å². The fourth-order valence-corrected chi connectivity index (χ4v) is 2.43. The zero-order valence-electron chi connectivity index (χ0n) is 8.30. The molecule has 0 amide bonds. The molecule has 0 saturated carbocycles. The Morgan fingerprint density at radius 1 is 1.36 bits per heavy atom. The Balaban J connectivity index is 2.28. The number of aromatic nitrogens is 1. The van der Waals surface area contributed by atoms with E-state index in [1.54, 1.807) is 0 Å². The number of nitrogens with one attached hydrogen (secondary N) is 1. The number of aromatic amines is 1. The highest BCUT2D eigenvalue weighted by atomic mass is 14.8. The van der Waals surface area contributed by atoms with Gasteiger partial charge in [0, 0.05) is 29.1 Å². The lowest BCUT2D eigenvalue weighted by Gasteiger charge is -2.00. The standard InChI is InChI=1S/C12H14N2/c1-7-2-3-9-10-5-8(13)6-12(10)14-11(9)4-7/h2-4,8,14H,5-6,13H2,1H3. The third-order valence-electron chi connectivity index (χ3n) is 3.08. The number of hydrogen-bond donors (Lipinski definition) is 2. The molecule has 0 radical (unpaired) electrons. The molecule has 1 aromatic carbocycles. The number of nitrogens with two attached hydrogens (primary N) is 1. The summed E-state index contributed by atoms with van der Waals surface area (Å²) in [6.07, 6.45) is 2.03. The van der Waals surface area contributed by atoms with Gasteiger partial charge in [-0.05, 0) is 30.5 Å². The minimum atomic E-state index is 0.321. The van der Waals surface area contributed by atoms with Gasteiger partial charge in [-0.25, -0.2) is 0 Å². The van der Waals surface area contributed by atoms with Crippen LogP contribution in [-0.4, -0.2) is 11.0 Å². The van der Waals surface area contributed by atoms with Crippen molar-refractivity contribution in [2.24, 2.45) is 5.73 Å². The van der Waals surface area contributed by atoms with Crippen molar-refractivity contribution in [3.05, 3.63) is 35.0 Å². The van der Waals surface area contributed by atoms with Crippen LogP contribution in [0.15, 0.2) is 18.2 Å². The van der Waals surface area contributed by atoms with E-state index in [4.69, 9.17) is 5.73 Å². The lowest BCUT2D eigenvalue weighted by molar-refractivity contribution is 0.716. The van der Waals surface area contributed by atoms with Crippen LogP contribution in [0.4, 0.5) is 0 Å². The third-order valence-corrected chi connectivity index (χ3v) is 3.08. The molecule has 0 spiro atoms. The Morgan fingerprint density at radius 3 is 3.07 bits per heavy atom. The normalized spacial score (nSPS) is 20.3. The molecule has 2 nitrogen and oxygen atoms in total. The maximum absolute atomic E-state index is 5.93. The first kappa shape index (κ1) is 8.06. The Kier molecular flexibility index (Phi) is 1.50. The molecule has 2 heteroatoms. The summed E-state index contributed by atoms with van der Waals surface area (Å²) in [6.45, 7) is 2.12. The number of H-pyrrole nitrogens is 1. The lowest BCUT2D eigenvalue weighted by Crippen LogP contribution is -2.19. The molecule has 2 aromatic rings. The van der Waals surface area contributed by atoms with Crippen LogP contribution in [0, 0.1) is 6.92 Å². The van der Waals surface area contributed by atoms with Crippen molar-refractivity contribution in [3.8, 4) is 0 Å². The molecule has 1 aliphatic rings. The summed E-state index contributed by atoms with van der Waals surface area (Å²) in [5, 5.41) is 1.36. The largest absolute Gasteiger partial charge is 0.358 e. The molecule has 0 fully saturated rings. The summed E-state index contributed by atoms with van der Waals surface area (Å²) in [5.41, 5.74) is 11.3. The van der Waals surface area contributed by atoms with Gasteiger partial charge in [-0.15, -0.1) is 0 Å². The van der Waals surface area contributed by atoms with Crippen molar-refractivity contribution in [2.45, 2.75) is 25.8 Å². The summed E-state index contributed by atoms with van der Waals surface area (Å²) >= 11 is 0. The highest BCUT2D eigenvalue weighted by Crippen LogP contribution is 2.29. The second-order valence-corrected chi connectivity index (χ2v) is 4.30. The van der Waals surface area contributed by atoms with E-state index in [-0.39, 0.29) is 0 Å². The van der Waals surface area contributed by atoms with Gasteiger partial charge in [0.2, 0.25) is 0 Å². The number of aryl methyl sites for hydroxylation is 1. The maximum Gasteiger partial charge on any atom is 0.0461 e. The van der Waals surface area contributed by atoms with E-state index in [2.05, 4.69) is 30.1 Å². The Bertz CT molecular complexity index is 496. The van der Waals surface area contributed by atoms with Gasteiger partial charge in [-0.3, -0.25) is 0 Å². The first-order chi connectivity index (χ1) is 6.74. The maximum atomic E-state index is 5.93. The van der Waals surface area contributed by atoms with Crippen LogP contribution < -0.4 is 5.73 Å². The highest BCUT2D eigenvalue weighted by Gasteiger charge is 2.22. The van der Waals surface area contributed by atoms with Gasteiger partial charge >= 0.3 is 0 Å². The van der Waals surface area contributed by atoms with Crippen LogP contribution in [0.3, 0.4) is 0 Å². The second-order valence-electron chi connectivity index (χ2n) is 4.30. The molecule has 1 aliphatic carbocycles. The molecule has 0 saturated heterocycles. The van der Waals surface area contributed by atoms with Crippen molar-refractivity contribution in [1.82, 2.24) is 4.98 Å². The fourth-order valence-electron chi connectivity index (χ4n) is 2.43. The molecule has 0 aliphatic heterocycles. The topological polar surface area (TPSA) is 41.8 Å². The van der Waals surface area contributed by atoms with E-state index in [1.165, 1.54) is 27.7 Å². The zero-order chi connectivity index (χ0) is 9.71. The van der Waals surface area contributed by atoms with E-state index in [0.29, 0.717) is 6.04 Å². The van der Waals surface area contributed by atoms with Crippen molar-refractivity contribution >= 4 is 10.9 Å². The van der Waals surface area contributed by atoms with Crippen LogP contribution in [0.1, 0.15) is 16.8 Å². The quantitative estimate of drug-likeness (QED) is 0.648. The monoisotopic (exact) mass is 186 g/mol. The van der Waals surface area contributed by atoms with E-state index in [1.807, 2.05) is 0 Å². The van der Waals surface area contributed by atoms with Crippen molar-refractivity contribution in [3.63, 3.8) is 0 Å². The number of rotatable bonds is 0. The first-order valence-electron chi connectivity index (χ1n) is 5.09.